The van der Waals surface area contributed by atoms with Gasteiger partial charge in [-0.3, -0.25) is 4.18 Å². The van der Waals surface area contributed by atoms with Crippen LogP contribution < -0.4 is 0 Å². The molecular weight excluding hydrogens is 371 g/mol. The van der Waals surface area contributed by atoms with Crippen molar-refractivity contribution < 1.29 is 17.7 Å². The van der Waals surface area contributed by atoms with Crippen LogP contribution in [0.25, 0.3) is 0 Å². The van der Waals surface area contributed by atoms with Crippen LogP contribution in [-0.2, 0) is 14.3 Å². The molecule has 158 valence electrons. The van der Waals surface area contributed by atoms with Crippen molar-refractivity contribution in [2.45, 2.75) is 109 Å². The summed E-state index contributed by atoms with van der Waals surface area (Å²) in [6, 6.07) is 0. The minimum atomic E-state index is -3.59. The third kappa shape index (κ3) is 19.7. The summed E-state index contributed by atoms with van der Waals surface area (Å²) in [5.74, 6) is 0. The number of aliphatic hydroxyl groups is 1. The molecule has 4 nitrogen and oxygen atoms in total. The molecule has 0 aliphatic heterocycles. The van der Waals surface area contributed by atoms with Crippen LogP contribution >= 0.6 is 0 Å². The van der Waals surface area contributed by atoms with Gasteiger partial charge in [-0.05, 0) is 39.0 Å². The number of hydrogen-bond donors (Lipinski definition) is 1. The van der Waals surface area contributed by atoms with Crippen molar-refractivity contribution in [1.29, 1.82) is 0 Å². The summed E-state index contributed by atoms with van der Waals surface area (Å²) in [7, 11) is -3.59. The fraction of sp³-hybridized carbons (Fsp3) is 0.905. The molecule has 0 aromatic rings. The van der Waals surface area contributed by atoms with Crippen molar-refractivity contribution in [3.63, 3.8) is 0 Å². The van der Waals surface area contributed by atoms with Crippen LogP contribution in [0.3, 0.4) is 0 Å². The Labute approximate surface area is 191 Å². The Morgan fingerprint density at radius 1 is 0.815 bits per heavy atom. The van der Waals surface area contributed by atoms with E-state index in [9.17, 15) is 8.42 Å². The van der Waals surface area contributed by atoms with Crippen LogP contribution in [0.15, 0.2) is 12.2 Å². The van der Waals surface area contributed by atoms with Crippen LogP contribution in [0.5, 0.6) is 0 Å². The molecule has 1 atom stereocenters. The van der Waals surface area contributed by atoms with E-state index in [0.717, 1.165) is 19.3 Å². The Kier molecular flexibility index (Phi) is 23.5. The van der Waals surface area contributed by atoms with Crippen LogP contribution in [0, 0.1) is 0 Å². The van der Waals surface area contributed by atoms with Crippen LogP contribution in [-0.4, -0.2) is 61.5 Å². The predicted molar refractivity (Wildman–Crippen MR) is 118 cm³/mol. The summed E-state index contributed by atoms with van der Waals surface area (Å²) in [5, 5.41) is 8.01. The van der Waals surface area contributed by atoms with Gasteiger partial charge in [0.05, 0.1) is 13.2 Å². The molecule has 1 unspecified atom stereocenters. The molecule has 0 spiro atoms. The molecule has 1 N–H and O–H groups in total. The third-order valence-corrected chi connectivity index (χ3v) is 6.28. The van der Waals surface area contributed by atoms with E-state index in [4.69, 9.17) is 9.29 Å². The standard InChI is InChI=1S/C21H42O4S.Na.H/c1-3-4-5-6-7-8-9-10-11-12-13-14-15-16-17-18-19-25-26(23,24)21(2)20-22;;/h10-11,21-22H,3-9,12-20H2,1-2H3;;/b11-10-;;. The molecule has 0 bridgehead atoms. The first kappa shape index (κ1) is 29.8. The molecule has 0 rings (SSSR count). The molecule has 0 saturated carbocycles. The van der Waals surface area contributed by atoms with E-state index in [0.29, 0.717) is 0 Å². The first-order valence-corrected chi connectivity index (χ1v) is 12.2. The maximum atomic E-state index is 11.5. The third-order valence-electron chi connectivity index (χ3n) is 4.65. The molecule has 0 heterocycles. The van der Waals surface area contributed by atoms with Crippen molar-refractivity contribution in [3.05, 3.63) is 12.2 Å². The van der Waals surface area contributed by atoms with E-state index in [-0.39, 0.29) is 36.2 Å². The molecule has 0 amide bonds. The van der Waals surface area contributed by atoms with Gasteiger partial charge in [-0.2, -0.15) is 8.42 Å². The van der Waals surface area contributed by atoms with Gasteiger partial charge in [0.15, 0.2) is 0 Å². The Bertz CT molecular complexity index is 424. The quantitative estimate of drug-likeness (QED) is 0.138. The number of allylic oxidation sites excluding steroid dienone is 2. The van der Waals surface area contributed by atoms with Crippen LogP contribution in [0.1, 0.15) is 104 Å². The Morgan fingerprint density at radius 2 is 1.26 bits per heavy atom. The normalized spacial score (nSPS) is 13.0. The number of hydrogen-bond acceptors (Lipinski definition) is 4. The molecule has 0 saturated heterocycles. The summed E-state index contributed by atoms with van der Waals surface area (Å²) < 4.78 is 28.0. The van der Waals surface area contributed by atoms with Crippen molar-refractivity contribution in [1.82, 2.24) is 0 Å². The second kappa shape index (κ2) is 21.3. The molecule has 27 heavy (non-hydrogen) atoms. The Hall–Kier alpha value is 0.610. The molecule has 0 radical (unpaired) electrons. The zero-order chi connectivity index (χ0) is 19.5. The summed E-state index contributed by atoms with van der Waals surface area (Å²) >= 11 is 0. The van der Waals surface area contributed by atoms with Gasteiger partial charge in [-0.25, -0.2) is 0 Å². The van der Waals surface area contributed by atoms with Gasteiger partial charge in [0.25, 0.3) is 10.1 Å². The van der Waals surface area contributed by atoms with Gasteiger partial charge < -0.3 is 5.11 Å². The maximum absolute atomic E-state index is 11.5. The van der Waals surface area contributed by atoms with Gasteiger partial charge in [-0.15, -0.1) is 0 Å². The molecule has 0 aliphatic rings. The number of rotatable bonds is 19. The van der Waals surface area contributed by atoms with Gasteiger partial charge >= 0.3 is 29.6 Å². The van der Waals surface area contributed by atoms with Gasteiger partial charge in [0, 0.05) is 0 Å². The average molecular weight is 415 g/mol. The van der Waals surface area contributed by atoms with E-state index in [2.05, 4.69) is 19.1 Å². The zero-order valence-electron chi connectivity index (χ0n) is 17.1. The topological polar surface area (TPSA) is 63.6 Å². The second-order valence-electron chi connectivity index (χ2n) is 7.25. The van der Waals surface area contributed by atoms with E-state index < -0.39 is 22.0 Å². The fourth-order valence-electron chi connectivity index (χ4n) is 2.73. The fourth-order valence-corrected chi connectivity index (χ4v) is 3.50. The van der Waals surface area contributed by atoms with E-state index in [1.165, 1.54) is 77.6 Å². The minimum absolute atomic E-state index is 0. The van der Waals surface area contributed by atoms with Crippen molar-refractivity contribution in [3.8, 4) is 0 Å². The molecular formula is C21H43NaO4S. The Morgan fingerprint density at radius 3 is 1.74 bits per heavy atom. The summed E-state index contributed by atoms with van der Waals surface area (Å²) in [6.45, 7) is 3.55. The van der Waals surface area contributed by atoms with Crippen molar-refractivity contribution >= 4 is 39.7 Å². The summed E-state index contributed by atoms with van der Waals surface area (Å²) in [6.07, 6.45) is 21.8. The summed E-state index contributed by atoms with van der Waals surface area (Å²) in [5.41, 5.74) is 0. The number of aliphatic hydroxyl groups excluding tert-OH is 1. The van der Waals surface area contributed by atoms with E-state index in [1.807, 2.05) is 0 Å². The second-order valence-corrected chi connectivity index (χ2v) is 9.27. The van der Waals surface area contributed by atoms with E-state index in [1.54, 1.807) is 0 Å². The monoisotopic (exact) mass is 414 g/mol. The Balaban J connectivity index is 0. The SMILES string of the molecule is CCCCCCCC/C=C\CCCCCCCCOS(=O)(=O)C(C)CO.[NaH]. The molecule has 0 fully saturated rings. The zero-order valence-corrected chi connectivity index (χ0v) is 17.9. The van der Waals surface area contributed by atoms with Crippen molar-refractivity contribution in [2.24, 2.45) is 0 Å². The van der Waals surface area contributed by atoms with Crippen molar-refractivity contribution in [2.75, 3.05) is 13.2 Å². The van der Waals surface area contributed by atoms with Gasteiger partial charge in [-0.1, -0.05) is 76.9 Å². The first-order valence-electron chi connectivity index (χ1n) is 10.7. The molecule has 6 heteroatoms. The predicted octanol–water partition coefficient (Wildman–Crippen LogP) is 5.10. The average Bonchev–Trinajstić information content (AvgIpc) is 2.63. The molecule has 0 aliphatic carbocycles. The van der Waals surface area contributed by atoms with Gasteiger partial charge in [0.1, 0.15) is 5.25 Å². The first-order chi connectivity index (χ1) is 12.5. The number of unbranched alkanes of at least 4 members (excludes halogenated alkanes) is 12. The van der Waals surface area contributed by atoms with Gasteiger partial charge in [0.2, 0.25) is 0 Å². The molecule has 0 aromatic heterocycles. The van der Waals surface area contributed by atoms with Crippen LogP contribution in [0.4, 0.5) is 0 Å². The summed E-state index contributed by atoms with van der Waals surface area (Å²) in [4.78, 5) is 0. The molecule has 0 aromatic carbocycles. The van der Waals surface area contributed by atoms with Crippen LogP contribution in [0.2, 0.25) is 0 Å². The van der Waals surface area contributed by atoms with E-state index >= 15 is 0 Å².